The van der Waals surface area contributed by atoms with Crippen LogP contribution in [0.4, 0.5) is 17.2 Å². The van der Waals surface area contributed by atoms with Gasteiger partial charge in [-0.3, -0.25) is 4.79 Å². The maximum atomic E-state index is 11.8. The summed E-state index contributed by atoms with van der Waals surface area (Å²) in [6, 6.07) is 9.30. The maximum absolute atomic E-state index is 11.8. The summed E-state index contributed by atoms with van der Waals surface area (Å²) < 4.78 is 5.57. The van der Waals surface area contributed by atoms with E-state index in [0.717, 1.165) is 17.8 Å². The third-order valence-electron chi connectivity index (χ3n) is 3.30. The van der Waals surface area contributed by atoms with Gasteiger partial charge in [-0.25, -0.2) is 4.98 Å². The van der Waals surface area contributed by atoms with Crippen molar-refractivity contribution in [3.63, 3.8) is 0 Å². The van der Waals surface area contributed by atoms with Crippen LogP contribution in [0.1, 0.15) is 39.4 Å². The molecular weight excluding hydrogens is 316 g/mol. The molecule has 1 amide bonds. The van der Waals surface area contributed by atoms with E-state index in [2.05, 4.69) is 27.5 Å². The summed E-state index contributed by atoms with van der Waals surface area (Å²) in [6.07, 6.45) is 1.44. The molecule has 0 aliphatic rings. The Morgan fingerprint density at radius 3 is 2.48 bits per heavy atom. The fourth-order valence-corrected chi connectivity index (χ4v) is 2.25. The number of anilines is 3. The lowest BCUT2D eigenvalue weighted by molar-refractivity contribution is -0.116. The minimum absolute atomic E-state index is 0.0276. The molecule has 0 unspecified atom stereocenters. The quantitative estimate of drug-likeness (QED) is 0.748. The molecule has 0 fully saturated rings. The van der Waals surface area contributed by atoms with E-state index in [4.69, 9.17) is 4.74 Å². The van der Waals surface area contributed by atoms with E-state index < -0.39 is 0 Å². The number of rotatable bonds is 8. The normalized spacial score (nSPS) is 10.6. The van der Waals surface area contributed by atoms with Gasteiger partial charge in [0.25, 0.3) is 0 Å². The van der Waals surface area contributed by atoms with Crippen molar-refractivity contribution in [2.24, 2.45) is 5.92 Å². The number of nitrogens with one attached hydrogen (secondary N) is 2. The topological polar surface area (TPSA) is 76.1 Å². The zero-order chi connectivity index (χ0) is 18.2. The molecular formula is C19H26N4O2. The van der Waals surface area contributed by atoms with Crippen LogP contribution in [-0.4, -0.2) is 22.5 Å². The summed E-state index contributed by atoms with van der Waals surface area (Å²) >= 11 is 0. The standard InChI is InChI=1S/C19H26N4O2/c1-5-10-25-19-12-17(20-14(4)21-19)22-15-6-8-16(9-7-15)23-18(24)11-13(2)3/h6-9,12-13H,5,10-11H2,1-4H3,(H,23,24)(H,20,21,22). The first kappa shape index (κ1) is 18.7. The Hall–Kier alpha value is -2.63. The minimum Gasteiger partial charge on any atom is -0.478 e. The molecule has 0 radical (unpaired) electrons. The van der Waals surface area contributed by atoms with Crippen LogP contribution in [-0.2, 0) is 4.79 Å². The van der Waals surface area contributed by atoms with Gasteiger partial charge in [0.05, 0.1) is 6.61 Å². The van der Waals surface area contributed by atoms with Crippen molar-refractivity contribution in [2.45, 2.75) is 40.5 Å². The van der Waals surface area contributed by atoms with E-state index in [9.17, 15) is 4.79 Å². The molecule has 2 aromatic rings. The highest BCUT2D eigenvalue weighted by molar-refractivity contribution is 5.91. The predicted octanol–water partition coefficient (Wildman–Crippen LogP) is 4.30. The molecule has 0 spiro atoms. The van der Waals surface area contributed by atoms with Crippen LogP contribution < -0.4 is 15.4 Å². The molecule has 6 nitrogen and oxygen atoms in total. The number of hydrogen-bond acceptors (Lipinski definition) is 5. The lowest BCUT2D eigenvalue weighted by Crippen LogP contribution is -2.13. The highest BCUT2D eigenvalue weighted by atomic mass is 16.5. The molecule has 1 aromatic carbocycles. The summed E-state index contributed by atoms with van der Waals surface area (Å²) in [4.78, 5) is 20.4. The first-order valence-corrected chi connectivity index (χ1v) is 8.61. The van der Waals surface area contributed by atoms with Crippen LogP contribution in [0.25, 0.3) is 0 Å². The van der Waals surface area contributed by atoms with Crippen molar-refractivity contribution in [1.29, 1.82) is 0 Å². The Morgan fingerprint density at radius 1 is 1.16 bits per heavy atom. The molecule has 1 aromatic heterocycles. The number of nitrogens with zero attached hydrogens (tertiary/aromatic N) is 2. The van der Waals surface area contributed by atoms with Crippen LogP contribution in [0.5, 0.6) is 5.88 Å². The molecule has 134 valence electrons. The van der Waals surface area contributed by atoms with Gasteiger partial charge in [-0.1, -0.05) is 20.8 Å². The van der Waals surface area contributed by atoms with Crippen LogP contribution in [0.15, 0.2) is 30.3 Å². The molecule has 0 saturated carbocycles. The van der Waals surface area contributed by atoms with Crippen molar-refractivity contribution in [1.82, 2.24) is 9.97 Å². The van der Waals surface area contributed by atoms with Gasteiger partial charge < -0.3 is 15.4 Å². The summed E-state index contributed by atoms with van der Waals surface area (Å²) in [5.74, 6) is 2.25. The number of amides is 1. The van der Waals surface area contributed by atoms with Gasteiger partial charge in [0, 0.05) is 23.9 Å². The molecule has 0 aliphatic carbocycles. The number of carbonyl (C=O) groups is 1. The van der Waals surface area contributed by atoms with Crippen molar-refractivity contribution in [2.75, 3.05) is 17.2 Å². The van der Waals surface area contributed by atoms with Crippen molar-refractivity contribution in [3.05, 3.63) is 36.2 Å². The number of ether oxygens (including phenoxy) is 1. The third kappa shape index (κ3) is 6.41. The zero-order valence-corrected chi connectivity index (χ0v) is 15.3. The summed E-state index contributed by atoms with van der Waals surface area (Å²) in [7, 11) is 0. The Bertz CT molecular complexity index is 699. The Morgan fingerprint density at radius 2 is 1.84 bits per heavy atom. The molecule has 0 saturated heterocycles. The van der Waals surface area contributed by atoms with Gasteiger partial charge in [0.15, 0.2) is 0 Å². The number of carbonyl (C=O) groups excluding carboxylic acids is 1. The molecule has 0 bridgehead atoms. The second kappa shape index (κ2) is 9.01. The van der Waals surface area contributed by atoms with Crippen LogP contribution >= 0.6 is 0 Å². The average Bonchev–Trinajstić information content (AvgIpc) is 2.53. The van der Waals surface area contributed by atoms with Crippen molar-refractivity contribution < 1.29 is 9.53 Å². The van der Waals surface area contributed by atoms with Crippen molar-refractivity contribution >= 4 is 23.1 Å². The van der Waals surface area contributed by atoms with E-state index in [1.165, 1.54) is 0 Å². The van der Waals surface area contributed by atoms with Crippen LogP contribution in [0, 0.1) is 12.8 Å². The number of hydrogen-bond donors (Lipinski definition) is 2. The Labute approximate surface area is 149 Å². The molecule has 25 heavy (non-hydrogen) atoms. The SMILES string of the molecule is CCCOc1cc(Nc2ccc(NC(=O)CC(C)C)cc2)nc(C)n1. The Balaban J connectivity index is 2.01. The molecule has 6 heteroatoms. The van der Waals surface area contributed by atoms with E-state index in [1.54, 1.807) is 6.07 Å². The van der Waals surface area contributed by atoms with Gasteiger partial charge in [-0.05, 0) is 43.5 Å². The third-order valence-corrected chi connectivity index (χ3v) is 3.30. The molecule has 2 rings (SSSR count). The Kier molecular flexibility index (Phi) is 6.74. The number of benzene rings is 1. The fraction of sp³-hybridized carbons (Fsp3) is 0.421. The van der Waals surface area contributed by atoms with E-state index in [-0.39, 0.29) is 5.91 Å². The van der Waals surface area contributed by atoms with E-state index in [0.29, 0.717) is 36.5 Å². The number of aromatic nitrogens is 2. The fourth-order valence-electron chi connectivity index (χ4n) is 2.25. The molecule has 2 N–H and O–H groups in total. The average molecular weight is 342 g/mol. The number of aryl methyl sites for hydroxylation is 1. The second-order valence-corrected chi connectivity index (χ2v) is 6.34. The van der Waals surface area contributed by atoms with E-state index in [1.807, 2.05) is 45.0 Å². The lowest BCUT2D eigenvalue weighted by Gasteiger charge is -2.11. The smallest absolute Gasteiger partial charge is 0.224 e. The van der Waals surface area contributed by atoms with Gasteiger partial charge in [0.1, 0.15) is 11.6 Å². The first-order chi connectivity index (χ1) is 12.0. The van der Waals surface area contributed by atoms with Crippen molar-refractivity contribution in [3.8, 4) is 5.88 Å². The van der Waals surface area contributed by atoms with Crippen LogP contribution in [0.2, 0.25) is 0 Å². The predicted molar refractivity (Wildman–Crippen MR) is 100 cm³/mol. The van der Waals surface area contributed by atoms with Crippen LogP contribution in [0.3, 0.4) is 0 Å². The molecule has 0 atom stereocenters. The summed E-state index contributed by atoms with van der Waals surface area (Å²) in [5.41, 5.74) is 1.66. The summed E-state index contributed by atoms with van der Waals surface area (Å²) in [6.45, 7) is 8.55. The van der Waals surface area contributed by atoms with Gasteiger partial charge in [-0.15, -0.1) is 0 Å². The summed E-state index contributed by atoms with van der Waals surface area (Å²) in [5, 5.41) is 6.12. The molecule has 0 aliphatic heterocycles. The minimum atomic E-state index is 0.0276. The largest absolute Gasteiger partial charge is 0.478 e. The monoisotopic (exact) mass is 342 g/mol. The van der Waals surface area contributed by atoms with Gasteiger partial charge in [-0.2, -0.15) is 4.98 Å². The highest BCUT2D eigenvalue weighted by Crippen LogP contribution is 2.20. The zero-order valence-electron chi connectivity index (χ0n) is 15.3. The molecule has 1 heterocycles. The lowest BCUT2D eigenvalue weighted by atomic mass is 10.1. The van der Waals surface area contributed by atoms with Gasteiger partial charge >= 0.3 is 0 Å². The second-order valence-electron chi connectivity index (χ2n) is 6.34. The first-order valence-electron chi connectivity index (χ1n) is 8.61. The van der Waals surface area contributed by atoms with E-state index >= 15 is 0 Å². The highest BCUT2D eigenvalue weighted by Gasteiger charge is 2.06. The maximum Gasteiger partial charge on any atom is 0.224 e. The van der Waals surface area contributed by atoms with Gasteiger partial charge in [0.2, 0.25) is 11.8 Å².